The molecule has 5 nitrogen and oxygen atoms in total. The predicted molar refractivity (Wildman–Crippen MR) is 83.1 cm³/mol. The lowest BCUT2D eigenvalue weighted by Crippen LogP contribution is -2.07. The first-order valence-electron chi connectivity index (χ1n) is 6.40. The van der Waals surface area contributed by atoms with Crippen molar-refractivity contribution in [3.8, 4) is 5.82 Å². The Bertz CT molecular complexity index is 748. The summed E-state index contributed by atoms with van der Waals surface area (Å²) in [5, 5.41) is 9.05. The first-order valence-corrected chi connectivity index (χ1v) is 7.59. The number of anilines is 1. The Hall–Kier alpha value is -1.66. The molecule has 0 fully saturated rings. The second-order valence-corrected chi connectivity index (χ2v) is 6.15. The molecule has 0 atom stereocenters. The van der Waals surface area contributed by atoms with Gasteiger partial charge in [0.15, 0.2) is 5.82 Å². The van der Waals surface area contributed by atoms with Gasteiger partial charge in [0.25, 0.3) is 0 Å². The van der Waals surface area contributed by atoms with Gasteiger partial charge in [-0.25, -0.2) is 9.67 Å². The maximum absolute atomic E-state index is 5.95. The zero-order valence-corrected chi connectivity index (χ0v) is 12.8. The van der Waals surface area contributed by atoms with Crippen LogP contribution in [0.2, 0.25) is 5.02 Å². The molecule has 0 saturated carbocycles. The Balaban J connectivity index is 2.16. The molecule has 0 aliphatic heterocycles. The average molecular weight is 308 g/mol. The summed E-state index contributed by atoms with van der Waals surface area (Å²) in [6.07, 6.45) is 4.38. The van der Waals surface area contributed by atoms with E-state index in [0.29, 0.717) is 11.0 Å². The highest BCUT2D eigenvalue weighted by atomic mass is 35.5. The normalized spacial score (nSPS) is 11.2. The van der Waals surface area contributed by atoms with E-state index < -0.39 is 0 Å². The molecule has 0 aromatic carbocycles. The van der Waals surface area contributed by atoms with Crippen LogP contribution in [-0.2, 0) is 0 Å². The van der Waals surface area contributed by atoms with Crippen molar-refractivity contribution in [3.63, 3.8) is 0 Å². The van der Waals surface area contributed by atoms with Gasteiger partial charge in [-0.2, -0.15) is 10.1 Å². The number of nitrogens with zero attached hydrogens (tertiary/aromatic N) is 4. The van der Waals surface area contributed by atoms with Gasteiger partial charge in [-0.1, -0.05) is 18.5 Å². The highest BCUT2D eigenvalue weighted by Crippen LogP contribution is 2.28. The van der Waals surface area contributed by atoms with Crippen molar-refractivity contribution in [3.05, 3.63) is 28.4 Å². The SMILES string of the molecule is CCCNc1nc(-n2cc(Cl)cn2)c2cc(C)sc2n1. The van der Waals surface area contributed by atoms with Gasteiger partial charge >= 0.3 is 0 Å². The van der Waals surface area contributed by atoms with E-state index in [1.165, 1.54) is 4.88 Å². The fourth-order valence-corrected chi connectivity index (χ4v) is 2.94. The molecular formula is C13H14ClN5S. The van der Waals surface area contributed by atoms with Crippen LogP contribution < -0.4 is 5.32 Å². The van der Waals surface area contributed by atoms with Gasteiger partial charge in [0, 0.05) is 11.4 Å². The summed E-state index contributed by atoms with van der Waals surface area (Å²) >= 11 is 7.60. The van der Waals surface area contributed by atoms with Crippen LogP contribution in [0.1, 0.15) is 18.2 Å². The summed E-state index contributed by atoms with van der Waals surface area (Å²) in [7, 11) is 0. The number of fused-ring (bicyclic) bond motifs is 1. The Kier molecular flexibility index (Phi) is 3.58. The molecule has 104 valence electrons. The monoisotopic (exact) mass is 307 g/mol. The van der Waals surface area contributed by atoms with E-state index in [-0.39, 0.29) is 0 Å². The average Bonchev–Trinajstić information content (AvgIpc) is 3.00. The molecule has 3 rings (SSSR count). The van der Waals surface area contributed by atoms with Crippen molar-refractivity contribution >= 4 is 39.1 Å². The molecule has 0 radical (unpaired) electrons. The van der Waals surface area contributed by atoms with Crippen LogP contribution in [0.3, 0.4) is 0 Å². The van der Waals surface area contributed by atoms with Gasteiger partial charge in [-0.05, 0) is 19.4 Å². The lowest BCUT2D eigenvalue weighted by molar-refractivity contribution is 0.848. The smallest absolute Gasteiger partial charge is 0.226 e. The third-order valence-corrected chi connectivity index (χ3v) is 3.94. The number of hydrogen-bond donors (Lipinski definition) is 1. The van der Waals surface area contributed by atoms with Crippen LogP contribution in [0, 0.1) is 6.92 Å². The van der Waals surface area contributed by atoms with E-state index in [1.807, 2.05) is 0 Å². The van der Waals surface area contributed by atoms with E-state index in [4.69, 9.17) is 11.6 Å². The zero-order valence-electron chi connectivity index (χ0n) is 11.2. The molecule has 7 heteroatoms. The summed E-state index contributed by atoms with van der Waals surface area (Å²) in [4.78, 5) is 11.3. The molecule has 0 spiro atoms. The van der Waals surface area contributed by atoms with Crippen molar-refractivity contribution < 1.29 is 0 Å². The predicted octanol–water partition coefficient (Wildman–Crippen LogP) is 3.66. The van der Waals surface area contributed by atoms with E-state index in [2.05, 4.69) is 40.3 Å². The van der Waals surface area contributed by atoms with Gasteiger partial charge in [0.2, 0.25) is 5.95 Å². The lowest BCUT2D eigenvalue weighted by Gasteiger charge is -2.07. The minimum atomic E-state index is 0.590. The van der Waals surface area contributed by atoms with E-state index >= 15 is 0 Å². The standard InChI is InChI=1S/C13H14ClN5S/c1-3-4-15-13-17-11(19-7-9(14)6-16-19)10-5-8(2)20-12(10)18-13/h5-7H,3-4H2,1-2H3,(H,15,17,18). The number of thiophene rings is 1. The lowest BCUT2D eigenvalue weighted by atomic mass is 10.3. The summed E-state index contributed by atoms with van der Waals surface area (Å²) < 4.78 is 1.69. The Morgan fingerprint density at radius 2 is 2.25 bits per heavy atom. The third kappa shape index (κ3) is 2.48. The van der Waals surface area contributed by atoms with Gasteiger partial charge in [0.1, 0.15) is 4.83 Å². The highest BCUT2D eigenvalue weighted by Gasteiger charge is 2.13. The molecular weight excluding hydrogens is 294 g/mol. The molecule has 0 bridgehead atoms. The molecule has 3 aromatic rings. The minimum Gasteiger partial charge on any atom is -0.354 e. The first-order chi connectivity index (χ1) is 9.67. The molecule has 0 amide bonds. The van der Waals surface area contributed by atoms with Crippen molar-refractivity contribution in [2.24, 2.45) is 0 Å². The van der Waals surface area contributed by atoms with Crippen LogP contribution >= 0.6 is 22.9 Å². The molecule has 3 aromatic heterocycles. The molecule has 0 aliphatic carbocycles. The van der Waals surface area contributed by atoms with Crippen molar-refractivity contribution in [2.75, 3.05) is 11.9 Å². The second-order valence-electron chi connectivity index (χ2n) is 4.48. The molecule has 0 saturated heterocycles. The van der Waals surface area contributed by atoms with Crippen molar-refractivity contribution in [1.29, 1.82) is 0 Å². The number of hydrogen-bond acceptors (Lipinski definition) is 5. The Labute approximate surface area is 125 Å². The fraction of sp³-hybridized carbons (Fsp3) is 0.308. The number of halogens is 1. The maximum atomic E-state index is 5.95. The largest absolute Gasteiger partial charge is 0.354 e. The number of aryl methyl sites for hydroxylation is 1. The summed E-state index contributed by atoms with van der Waals surface area (Å²) in [6, 6.07) is 2.08. The number of rotatable bonds is 4. The van der Waals surface area contributed by atoms with Crippen molar-refractivity contribution in [2.45, 2.75) is 20.3 Å². The quantitative estimate of drug-likeness (QED) is 0.799. The van der Waals surface area contributed by atoms with E-state index in [1.54, 1.807) is 28.4 Å². The molecule has 0 unspecified atom stereocenters. The molecule has 3 heterocycles. The van der Waals surface area contributed by atoms with Gasteiger partial charge < -0.3 is 5.32 Å². The van der Waals surface area contributed by atoms with E-state index in [0.717, 1.165) is 29.0 Å². The topological polar surface area (TPSA) is 55.6 Å². The fourth-order valence-electron chi connectivity index (χ4n) is 1.93. The van der Waals surface area contributed by atoms with Gasteiger partial charge in [0.05, 0.1) is 22.8 Å². The highest BCUT2D eigenvalue weighted by molar-refractivity contribution is 7.18. The minimum absolute atomic E-state index is 0.590. The van der Waals surface area contributed by atoms with Gasteiger partial charge in [-0.15, -0.1) is 11.3 Å². The van der Waals surface area contributed by atoms with Gasteiger partial charge in [-0.3, -0.25) is 0 Å². The third-order valence-electron chi connectivity index (χ3n) is 2.80. The maximum Gasteiger partial charge on any atom is 0.226 e. The second kappa shape index (κ2) is 5.38. The van der Waals surface area contributed by atoms with Crippen molar-refractivity contribution in [1.82, 2.24) is 19.7 Å². The van der Waals surface area contributed by atoms with E-state index in [9.17, 15) is 0 Å². The van der Waals surface area contributed by atoms with Crippen LogP contribution in [0.25, 0.3) is 16.0 Å². The molecule has 0 aliphatic rings. The zero-order chi connectivity index (χ0) is 14.1. The molecule has 20 heavy (non-hydrogen) atoms. The van der Waals surface area contributed by atoms with Crippen LogP contribution in [0.4, 0.5) is 5.95 Å². The summed E-state index contributed by atoms with van der Waals surface area (Å²) in [5.74, 6) is 1.38. The Morgan fingerprint density at radius 3 is 2.95 bits per heavy atom. The van der Waals surface area contributed by atoms with Crippen LogP contribution in [-0.4, -0.2) is 26.3 Å². The molecule has 1 N–H and O–H groups in total. The Morgan fingerprint density at radius 1 is 1.40 bits per heavy atom. The van der Waals surface area contributed by atoms with Crippen LogP contribution in [0.15, 0.2) is 18.5 Å². The number of aromatic nitrogens is 4. The summed E-state index contributed by atoms with van der Waals surface area (Å²) in [5.41, 5.74) is 0. The van der Waals surface area contributed by atoms with Crippen LogP contribution in [0.5, 0.6) is 0 Å². The number of nitrogens with one attached hydrogen (secondary N) is 1. The first kappa shape index (κ1) is 13.3. The summed E-state index contributed by atoms with van der Waals surface area (Å²) in [6.45, 7) is 5.01.